The molecule has 2 aromatic heterocycles. The van der Waals surface area contributed by atoms with Gasteiger partial charge in [-0.15, -0.1) is 0 Å². The van der Waals surface area contributed by atoms with Crippen LogP contribution in [0.4, 0.5) is 0 Å². The molecule has 0 spiro atoms. The van der Waals surface area contributed by atoms with Crippen molar-refractivity contribution in [3.63, 3.8) is 0 Å². The van der Waals surface area contributed by atoms with Crippen LogP contribution in [0.25, 0.3) is 17.0 Å². The van der Waals surface area contributed by atoms with Crippen molar-refractivity contribution >= 4 is 11.7 Å². The smallest absolute Gasteiger partial charge is 0.270 e. The Labute approximate surface area is 145 Å². The van der Waals surface area contributed by atoms with Gasteiger partial charge in [0.25, 0.3) is 11.7 Å². The quantitative estimate of drug-likeness (QED) is 0.786. The molecule has 7 heteroatoms. The van der Waals surface area contributed by atoms with E-state index in [1.54, 1.807) is 6.07 Å². The molecule has 1 amide bonds. The maximum absolute atomic E-state index is 12.8. The fourth-order valence-corrected chi connectivity index (χ4v) is 3.14. The number of hydrogen-bond acceptors (Lipinski definition) is 5. The number of benzene rings is 1. The SMILES string of the molecule is CN1CCC(NC(=O)c2cc(-c3ccccc3)nc3ncnn23)CC1. The van der Waals surface area contributed by atoms with Crippen LogP contribution in [-0.4, -0.2) is 56.6 Å². The lowest BCUT2D eigenvalue weighted by Crippen LogP contribution is -2.43. The average molecular weight is 336 g/mol. The van der Waals surface area contributed by atoms with E-state index in [4.69, 9.17) is 0 Å². The minimum absolute atomic E-state index is 0.135. The standard InChI is InChI=1S/C18H20N6O/c1-23-9-7-14(8-10-23)21-17(25)16-11-15(13-5-3-2-4-6-13)22-18-19-12-20-24(16)18/h2-6,11-12,14H,7-10H2,1H3,(H,21,25). The van der Waals surface area contributed by atoms with Gasteiger partial charge in [-0.05, 0) is 39.0 Å². The molecule has 3 aromatic rings. The Balaban J connectivity index is 1.66. The van der Waals surface area contributed by atoms with E-state index in [9.17, 15) is 4.79 Å². The van der Waals surface area contributed by atoms with E-state index >= 15 is 0 Å². The topological polar surface area (TPSA) is 75.4 Å². The number of hydrogen-bond donors (Lipinski definition) is 1. The normalized spacial score (nSPS) is 16.2. The minimum Gasteiger partial charge on any atom is -0.348 e. The van der Waals surface area contributed by atoms with Crippen molar-refractivity contribution in [3.05, 3.63) is 48.4 Å². The lowest BCUT2D eigenvalue weighted by atomic mass is 10.1. The van der Waals surface area contributed by atoms with Crippen LogP contribution in [0.1, 0.15) is 23.3 Å². The number of carbonyl (C=O) groups is 1. The maximum Gasteiger partial charge on any atom is 0.270 e. The number of likely N-dealkylation sites (tertiary alicyclic amines) is 1. The highest BCUT2D eigenvalue weighted by atomic mass is 16.2. The average Bonchev–Trinajstić information content (AvgIpc) is 3.12. The third kappa shape index (κ3) is 3.23. The van der Waals surface area contributed by atoms with Crippen molar-refractivity contribution in [1.82, 2.24) is 29.8 Å². The van der Waals surface area contributed by atoms with Gasteiger partial charge >= 0.3 is 0 Å². The Bertz CT molecular complexity index is 883. The molecule has 0 aliphatic carbocycles. The lowest BCUT2D eigenvalue weighted by Gasteiger charge is -2.29. The van der Waals surface area contributed by atoms with Gasteiger partial charge in [-0.1, -0.05) is 30.3 Å². The number of nitrogens with one attached hydrogen (secondary N) is 1. The zero-order valence-corrected chi connectivity index (χ0v) is 14.1. The van der Waals surface area contributed by atoms with Gasteiger partial charge in [0.2, 0.25) is 0 Å². The van der Waals surface area contributed by atoms with E-state index in [-0.39, 0.29) is 11.9 Å². The van der Waals surface area contributed by atoms with Gasteiger partial charge < -0.3 is 10.2 Å². The second-order valence-corrected chi connectivity index (χ2v) is 6.42. The molecule has 4 rings (SSSR count). The van der Waals surface area contributed by atoms with E-state index in [0.29, 0.717) is 11.5 Å². The van der Waals surface area contributed by atoms with Crippen LogP contribution in [0.2, 0.25) is 0 Å². The molecule has 1 aliphatic heterocycles. The summed E-state index contributed by atoms with van der Waals surface area (Å²) in [6.45, 7) is 1.99. The monoisotopic (exact) mass is 336 g/mol. The first-order chi connectivity index (χ1) is 12.2. The molecular formula is C18H20N6O. The predicted molar refractivity (Wildman–Crippen MR) is 94.2 cm³/mol. The van der Waals surface area contributed by atoms with Gasteiger partial charge in [0.15, 0.2) is 0 Å². The highest BCUT2D eigenvalue weighted by Crippen LogP contribution is 2.19. The van der Waals surface area contributed by atoms with Crippen molar-refractivity contribution in [2.75, 3.05) is 20.1 Å². The molecule has 1 aromatic carbocycles. The summed E-state index contributed by atoms with van der Waals surface area (Å²) in [4.78, 5) is 23.8. The first-order valence-corrected chi connectivity index (χ1v) is 8.46. The summed E-state index contributed by atoms with van der Waals surface area (Å²) in [5.74, 6) is 0.291. The van der Waals surface area contributed by atoms with Gasteiger partial charge in [-0.25, -0.2) is 4.98 Å². The highest BCUT2D eigenvalue weighted by Gasteiger charge is 2.21. The summed E-state index contributed by atoms with van der Waals surface area (Å²) in [5, 5.41) is 7.29. The van der Waals surface area contributed by atoms with Crippen LogP contribution < -0.4 is 5.32 Å². The van der Waals surface area contributed by atoms with Gasteiger partial charge in [0, 0.05) is 11.6 Å². The minimum atomic E-state index is -0.135. The maximum atomic E-state index is 12.8. The van der Waals surface area contributed by atoms with E-state index in [2.05, 4.69) is 32.3 Å². The Kier molecular flexibility index (Phi) is 4.15. The largest absolute Gasteiger partial charge is 0.348 e. The zero-order valence-electron chi connectivity index (χ0n) is 14.1. The molecule has 3 heterocycles. The number of fused-ring (bicyclic) bond motifs is 1. The summed E-state index contributed by atoms with van der Waals surface area (Å²) in [6.07, 6.45) is 3.34. The van der Waals surface area contributed by atoms with Crippen molar-refractivity contribution in [1.29, 1.82) is 0 Å². The molecule has 25 heavy (non-hydrogen) atoms. The van der Waals surface area contributed by atoms with Gasteiger partial charge in [-0.2, -0.15) is 14.6 Å². The van der Waals surface area contributed by atoms with Crippen molar-refractivity contribution in [2.24, 2.45) is 0 Å². The molecule has 0 saturated carbocycles. The van der Waals surface area contributed by atoms with Crippen molar-refractivity contribution in [3.8, 4) is 11.3 Å². The van der Waals surface area contributed by atoms with Gasteiger partial charge in [0.1, 0.15) is 12.0 Å². The van der Waals surface area contributed by atoms with Crippen LogP contribution in [0.15, 0.2) is 42.7 Å². The van der Waals surface area contributed by atoms with E-state index in [1.807, 2.05) is 30.3 Å². The molecular weight excluding hydrogens is 316 g/mol. The summed E-state index contributed by atoms with van der Waals surface area (Å²) in [7, 11) is 2.10. The summed E-state index contributed by atoms with van der Waals surface area (Å²) in [6, 6.07) is 11.7. The van der Waals surface area contributed by atoms with Crippen molar-refractivity contribution < 1.29 is 4.79 Å². The summed E-state index contributed by atoms with van der Waals surface area (Å²) >= 11 is 0. The van der Waals surface area contributed by atoms with E-state index in [1.165, 1.54) is 10.8 Å². The molecule has 1 saturated heterocycles. The Morgan fingerprint density at radius 1 is 1.20 bits per heavy atom. The molecule has 0 unspecified atom stereocenters. The third-order valence-electron chi connectivity index (χ3n) is 4.61. The molecule has 0 bridgehead atoms. The van der Waals surface area contributed by atoms with Gasteiger partial charge in [0.05, 0.1) is 5.69 Å². The second-order valence-electron chi connectivity index (χ2n) is 6.42. The highest BCUT2D eigenvalue weighted by molar-refractivity contribution is 5.94. The predicted octanol–water partition coefficient (Wildman–Crippen LogP) is 1.62. The number of piperidine rings is 1. The second kappa shape index (κ2) is 6.60. The molecule has 0 atom stereocenters. The van der Waals surface area contributed by atoms with Crippen LogP contribution in [-0.2, 0) is 0 Å². The number of nitrogens with zero attached hydrogens (tertiary/aromatic N) is 5. The Hall–Kier alpha value is -2.80. The summed E-state index contributed by atoms with van der Waals surface area (Å²) < 4.78 is 1.50. The molecule has 1 N–H and O–H groups in total. The zero-order chi connectivity index (χ0) is 17.2. The van der Waals surface area contributed by atoms with Crippen LogP contribution in [0.5, 0.6) is 0 Å². The first-order valence-electron chi connectivity index (χ1n) is 8.46. The van der Waals surface area contributed by atoms with Gasteiger partial charge in [-0.3, -0.25) is 4.79 Å². The Morgan fingerprint density at radius 2 is 1.96 bits per heavy atom. The Morgan fingerprint density at radius 3 is 2.72 bits per heavy atom. The number of rotatable bonds is 3. The lowest BCUT2D eigenvalue weighted by molar-refractivity contribution is 0.0909. The first kappa shape index (κ1) is 15.7. The van der Waals surface area contributed by atoms with Crippen molar-refractivity contribution in [2.45, 2.75) is 18.9 Å². The van der Waals surface area contributed by atoms with Crippen LogP contribution in [0, 0.1) is 0 Å². The molecule has 128 valence electrons. The fourth-order valence-electron chi connectivity index (χ4n) is 3.14. The summed E-state index contributed by atoms with van der Waals surface area (Å²) in [5.41, 5.74) is 2.12. The molecule has 0 radical (unpaired) electrons. The van der Waals surface area contributed by atoms with E-state index < -0.39 is 0 Å². The molecule has 1 aliphatic rings. The number of carbonyl (C=O) groups excluding carboxylic acids is 1. The van der Waals surface area contributed by atoms with E-state index in [0.717, 1.165) is 37.2 Å². The third-order valence-corrected chi connectivity index (χ3v) is 4.61. The number of amides is 1. The van der Waals surface area contributed by atoms with Crippen LogP contribution >= 0.6 is 0 Å². The molecule has 1 fully saturated rings. The molecule has 7 nitrogen and oxygen atoms in total. The van der Waals surface area contributed by atoms with Crippen LogP contribution in [0.3, 0.4) is 0 Å². The fraction of sp³-hybridized carbons (Fsp3) is 0.333. The number of aromatic nitrogens is 4.